The summed E-state index contributed by atoms with van der Waals surface area (Å²) in [4.78, 5) is 35.7. The number of unbranched alkanes of at least 4 members (excludes halogenated alkanes) is 32. The third-order valence-electron chi connectivity index (χ3n) is 12.8. The Morgan fingerprint density at radius 3 is 1.23 bits per heavy atom. The molecular formula is C60H113NO8P+. The van der Waals surface area contributed by atoms with E-state index in [0.29, 0.717) is 17.4 Å². The summed E-state index contributed by atoms with van der Waals surface area (Å²) in [6, 6.07) is 0. The van der Waals surface area contributed by atoms with Gasteiger partial charge in [-0.2, -0.15) is 0 Å². The van der Waals surface area contributed by atoms with Crippen LogP contribution in [0.15, 0.2) is 48.6 Å². The molecule has 9 nitrogen and oxygen atoms in total. The zero-order chi connectivity index (χ0) is 51.3. The Hall–Kier alpha value is -2.03. The van der Waals surface area contributed by atoms with Crippen molar-refractivity contribution < 1.29 is 42.1 Å². The number of hydrogen-bond acceptors (Lipinski definition) is 7. The van der Waals surface area contributed by atoms with Gasteiger partial charge in [-0.1, -0.05) is 236 Å². The molecule has 0 heterocycles. The molecule has 0 aliphatic carbocycles. The van der Waals surface area contributed by atoms with Crippen LogP contribution in [-0.2, 0) is 32.7 Å². The van der Waals surface area contributed by atoms with Crippen molar-refractivity contribution in [1.29, 1.82) is 0 Å². The number of nitrogens with zero attached hydrogens (tertiary/aromatic N) is 1. The molecule has 2 atom stereocenters. The SMILES string of the molecule is CC/C=C\C/C=C\C/C=C\CCCCCCCCCC(=O)OC(COC(=O)CCCCCCCCCCCCCCCCCCC/C=C\CCCCCCCCCC)COP(=O)(O)OCC[N+](C)(C)C. The number of carbonyl (C=O) groups excluding carboxylic acids is 2. The van der Waals surface area contributed by atoms with E-state index in [1.165, 1.54) is 173 Å². The second-order valence-corrected chi connectivity index (χ2v) is 22.5. The lowest BCUT2D eigenvalue weighted by molar-refractivity contribution is -0.870. The predicted molar refractivity (Wildman–Crippen MR) is 298 cm³/mol. The van der Waals surface area contributed by atoms with Crippen LogP contribution in [-0.4, -0.2) is 74.9 Å². The van der Waals surface area contributed by atoms with E-state index in [4.69, 9.17) is 18.5 Å². The number of phosphoric ester groups is 1. The van der Waals surface area contributed by atoms with Crippen molar-refractivity contribution in [1.82, 2.24) is 0 Å². The Kier molecular flexibility index (Phi) is 50.4. The summed E-state index contributed by atoms with van der Waals surface area (Å²) in [5.41, 5.74) is 0. The van der Waals surface area contributed by atoms with Gasteiger partial charge in [0.05, 0.1) is 27.7 Å². The van der Waals surface area contributed by atoms with Gasteiger partial charge in [0.25, 0.3) is 0 Å². The first-order chi connectivity index (χ1) is 34.0. The summed E-state index contributed by atoms with van der Waals surface area (Å²) in [6.07, 6.45) is 64.8. The van der Waals surface area contributed by atoms with Crippen molar-refractivity contribution in [2.45, 2.75) is 277 Å². The summed E-state index contributed by atoms with van der Waals surface area (Å²) in [5, 5.41) is 0. The Balaban J connectivity index is 4.07. The van der Waals surface area contributed by atoms with Crippen molar-refractivity contribution >= 4 is 19.8 Å². The molecule has 0 aromatic carbocycles. The maximum atomic E-state index is 12.8. The number of allylic oxidation sites excluding steroid dienone is 8. The van der Waals surface area contributed by atoms with Gasteiger partial charge < -0.3 is 18.9 Å². The predicted octanol–water partition coefficient (Wildman–Crippen LogP) is 18.1. The Morgan fingerprint density at radius 1 is 0.457 bits per heavy atom. The van der Waals surface area contributed by atoms with Gasteiger partial charge in [0.1, 0.15) is 19.8 Å². The Bertz CT molecular complexity index is 1320. The third kappa shape index (κ3) is 55.3. The molecule has 0 amide bonds. The van der Waals surface area contributed by atoms with Crippen LogP contribution in [0.1, 0.15) is 271 Å². The van der Waals surface area contributed by atoms with Crippen LogP contribution in [0.5, 0.6) is 0 Å². The molecule has 410 valence electrons. The molecule has 0 aromatic heterocycles. The zero-order valence-electron chi connectivity index (χ0n) is 46.5. The van der Waals surface area contributed by atoms with Crippen LogP contribution in [0.3, 0.4) is 0 Å². The van der Waals surface area contributed by atoms with Gasteiger partial charge in [-0.05, 0) is 70.6 Å². The van der Waals surface area contributed by atoms with Crippen molar-refractivity contribution in [3.8, 4) is 0 Å². The average molecular weight is 1010 g/mol. The minimum Gasteiger partial charge on any atom is -0.462 e. The Morgan fingerprint density at radius 2 is 0.814 bits per heavy atom. The topological polar surface area (TPSA) is 108 Å². The molecule has 0 radical (unpaired) electrons. The fraction of sp³-hybridized carbons (Fsp3) is 0.833. The lowest BCUT2D eigenvalue weighted by Gasteiger charge is -2.24. The van der Waals surface area contributed by atoms with Crippen LogP contribution in [0.25, 0.3) is 0 Å². The van der Waals surface area contributed by atoms with Gasteiger partial charge in [-0.3, -0.25) is 18.6 Å². The summed E-state index contributed by atoms with van der Waals surface area (Å²) in [5.74, 6) is -0.800. The van der Waals surface area contributed by atoms with Crippen molar-refractivity contribution in [2.24, 2.45) is 0 Å². The van der Waals surface area contributed by atoms with Gasteiger partial charge in [-0.25, -0.2) is 4.57 Å². The van der Waals surface area contributed by atoms with E-state index in [9.17, 15) is 19.0 Å². The molecule has 0 aliphatic rings. The average Bonchev–Trinajstić information content (AvgIpc) is 3.32. The number of carbonyl (C=O) groups is 2. The summed E-state index contributed by atoms with van der Waals surface area (Å²) in [7, 11) is 1.47. The molecule has 0 aliphatic heterocycles. The standard InChI is InChI=1S/C60H112NO8P/c1-6-8-10-12-14-16-18-20-22-24-25-26-27-28-29-30-31-32-33-34-35-37-38-40-42-44-46-48-50-52-59(62)66-56-58(57-68-70(64,65)67-55-54-61(3,4)5)69-60(63)53-51-49-47-45-43-41-39-36-23-21-19-17-15-13-11-9-7-2/h9,11,15,17,21,23-25,58H,6-8,10,12-14,16,18-20,22,26-57H2,1-5H3/p+1/b11-9-,17-15-,23-21-,25-24-. The lowest BCUT2D eigenvalue weighted by atomic mass is 10.0. The fourth-order valence-corrected chi connectivity index (χ4v) is 9.06. The number of rotatable bonds is 54. The highest BCUT2D eigenvalue weighted by molar-refractivity contribution is 7.47. The molecule has 2 unspecified atom stereocenters. The second-order valence-electron chi connectivity index (χ2n) is 21.0. The van der Waals surface area contributed by atoms with Crippen molar-refractivity contribution in [2.75, 3.05) is 47.5 Å². The lowest BCUT2D eigenvalue weighted by Crippen LogP contribution is -2.37. The third-order valence-corrected chi connectivity index (χ3v) is 13.8. The van der Waals surface area contributed by atoms with E-state index in [0.717, 1.165) is 64.2 Å². The maximum absolute atomic E-state index is 12.8. The van der Waals surface area contributed by atoms with Crippen LogP contribution in [0, 0.1) is 0 Å². The molecule has 70 heavy (non-hydrogen) atoms. The normalized spacial score (nSPS) is 13.6. The minimum absolute atomic E-state index is 0.0295. The van der Waals surface area contributed by atoms with Crippen molar-refractivity contribution in [3.05, 3.63) is 48.6 Å². The van der Waals surface area contributed by atoms with Gasteiger partial charge in [-0.15, -0.1) is 0 Å². The molecule has 0 saturated heterocycles. The molecule has 1 N–H and O–H groups in total. The first kappa shape index (κ1) is 68.0. The number of ether oxygens (including phenoxy) is 2. The van der Waals surface area contributed by atoms with E-state index in [2.05, 4.69) is 62.5 Å². The van der Waals surface area contributed by atoms with E-state index in [1.807, 2.05) is 21.1 Å². The fourth-order valence-electron chi connectivity index (χ4n) is 8.32. The quantitative estimate of drug-likeness (QED) is 0.0211. The Labute approximate surface area is 433 Å². The van der Waals surface area contributed by atoms with Crippen LogP contribution in [0.4, 0.5) is 0 Å². The highest BCUT2D eigenvalue weighted by atomic mass is 31.2. The molecule has 0 spiro atoms. The van der Waals surface area contributed by atoms with Crippen LogP contribution < -0.4 is 0 Å². The monoisotopic (exact) mass is 1010 g/mol. The highest BCUT2D eigenvalue weighted by Crippen LogP contribution is 2.43. The molecule has 10 heteroatoms. The van der Waals surface area contributed by atoms with E-state index < -0.39 is 26.5 Å². The number of likely N-dealkylation sites (N-methyl/N-ethyl adjacent to an activating group) is 1. The molecule has 0 aromatic rings. The van der Waals surface area contributed by atoms with Gasteiger partial charge in [0.2, 0.25) is 0 Å². The largest absolute Gasteiger partial charge is 0.472 e. The summed E-state index contributed by atoms with van der Waals surface area (Å²) < 4.78 is 34.5. The van der Waals surface area contributed by atoms with Crippen LogP contribution >= 0.6 is 7.82 Å². The maximum Gasteiger partial charge on any atom is 0.472 e. The van der Waals surface area contributed by atoms with E-state index in [-0.39, 0.29) is 32.0 Å². The number of esters is 2. The smallest absolute Gasteiger partial charge is 0.462 e. The van der Waals surface area contributed by atoms with E-state index >= 15 is 0 Å². The molecule has 0 rings (SSSR count). The summed E-state index contributed by atoms with van der Waals surface area (Å²) >= 11 is 0. The number of hydrogen-bond donors (Lipinski definition) is 1. The first-order valence-electron chi connectivity index (χ1n) is 29.4. The molecule has 0 bridgehead atoms. The van der Waals surface area contributed by atoms with Crippen molar-refractivity contribution in [3.63, 3.8) is 0 Å². The van der Waals surface area contributed by atoms with Gasteiger partial charge in [0, 0.05) is 12.8 Å². The number of phosphoric acid groups is 1. The minimum atomic E-state index is -4.39. The second kappa shape index (κ2) is 51.9. The van der Waals surface area contributed by atoms with Gasteiger partial charge >= 0.3 is 19.8 Å². The van der Waals surface area contributed by atoms with E-state index in [1.54, 1.807) is 0 Å². The van der Waals surface area contributed by atoms with Crippen LogP contribution in [0.2, 0.25) is 0 Å². The zero-order valence-corrected chi connectivity index (χ0v) is 47.4. The van der Waals surface area contributed by atoms with Gasteiger partial charge in [0.15, 0.2) is 6.10 Å². The molecule has 0 saturated carbocycles. The number of quaternary nitrogens is 1. The molecule has 0 fully saturated rings. The first-order valence-corrected chi connectivity index (χ1v) is 30.9. The summed E-state index contributed by atoms with van der Waals surface area (Å²) in [6.45, 7) is 4.34. The highest BCUT2D eigenvalue weighted by Gasteiger charge is 2.27. The molecular weight excluding hydrogens is 894 g/mol.